The highest BCUT2D eigenvalue weighted by atomic mass is 35.5. The van der Waals surface area contributed by atoms with Crippen molar-refractivity contribution >= 4 is 11.6 Å². The van der Waals surface area contributed by atoms with Crippen LogP contribution >= 0.6 is 11.6 Å². The summed E-state index contributed by atoms with van der Waals surface area (Å²) in [6.07, 6.45) is 3.77. The van der Waals surface area contributed by atoms with Gasteiger partial charge in [0.15, 0.2) is 0 Å². The number of nitrogens with zero attached hydrogens (tertiary/aromatic N) is 1. The van der Waals surface area contributed by atoms with Gasteiger partial charge in [-0.05, 0) is 64.8 Å². The first-order chi connectivity index (χ1) is 9.58. The Bertz CT molecular complexity index is 419. The topological polar surface area (TPSA) is 15.3 Å². The van der Waals surface area contributed by atoms with Crippen LogP contribution in [0.5, 0.6) is 0 Å². The summed E-state index contributed by atoms with van der Waals surface area (Å²) in [4.78, 5) is 2.59. The average molecular weight is 295 g/mol. The summed E-state index contributed by atoms with van der Waals surface area (Å²) in [6, 6.07) is 9.73. The van der Waals surface area contributed by atoms with E-state index in [4.69, 9.17) is 11.6 Å². The molecule has 1 saturated heterocycles. The quantitative estimate of drug-likeness (QED) is 0.893. The number of rotatable bonds is 4. The fraction of sp³-hybridized carbons (Fsp3) is 0.647. The lowest BCUT2D eigenvalue weighted by atomic mass is 10.0. The maximum atomic E-state index is 6.29. The Morgan fingerprint density at radius 3 is 2.60 bits per heavy atom. The molecule has 1 aliphatic heterocycles. The van der Waals surface area contributed by atoms with Gasteiger partial charge in [-0.25, -0.2) is 0 Å². The highest BCUT2D eigenvalue weighted by Gasteiger charge is 2.20. The highest BCUT2D eigenvalue weighted by Crippen LogP contribution is 2.24. The Balaban J connectivity index is 1.92. The summed E-state index contributed by atoms with van der Waals surface area (Å²) < 4.78 is 0. The largest absolute Gasteiger partial charge is 0.307 e. The van der Waals surface area contributed by atoms with Crippen molar-refractivity contribution in [3.8, 4) is 0 Å². The van der Waals surface area contributed by atoms with Crippen LogP contribution in [0.3, 0.4) is 0 Å². The van der Waals surface area contributed by atoms with Gasteiger partial charge >= 0.3 is 0 Å². The third kappa shape index (κ3) is 4.21. The molecule has 1 aliphatic rings. The molecule has 1 heterocycles. The van der Waals surface area contributed by atoms with Crippen LogP contribution < -0.4 is 5.32 Å². The second kappa shape index (κ2) is 7.44. The molecule has 0 spiro atoms. The summed E-state index contributed by atoms with van der Waals surface area (Å²) >= 11 is 6.29. The number of hydrogen-bond donors (Lipinski definition) is 1. The van der Waals surface area contributed by atoms with E-state index in [0.29, 0.717) is 18.1 Å². The van der Waals surface area contributed by atoms with Crippen LogP contribution in [0.1, 0.15) is 51.6 Å². The molecule has 112 valence electrons. The SMILES string of the molecule is CC(C)N1CCCC(N[C@@H](C)c2ccccc2Cl)CC1. The minimum atomic E-state index is 0.319. The average Bonchev–Trinajstić information content (AvgIpc) is 2.65. The standard InChI is InChI=1S/C17H27ClN2/c1-13(2)20-11-6-7-15(10-12-20)19-14(3)16-8-4-5-9-17(16)18/h4-5,8-9,13-15,19H,6-7,10-12H2,1-3H3/t14-,15?/m0/s1. The lowest BCUT2D eigenvalue weighted by Crippen LogP contribution is -2.35. The number of hydrogen-bond acceptors (Lipinski definition) is 2. The fourth-order valence-corrected chi connectivity index (χ4v) is 3.37. The molecule has 0 amide bonds. The number of likely N-dealkylation sites (tertiary alicyclic amines) is 1. The van der Waals surface area contributed by atoms with E-state index in [0.717, 1.165) is 5.02 Å². The molecular weight excluding hydrogens is 268 g/mol. The molecule has 2 atom stereocenters. The van der Waals surface area contributed by atoms with E-state index in [1.807, 2.05) is 12.1 Å². The van der Waals surface area contributed by atoms with Gasteiger partial charge in [0.25, 0.3) is 0 Å². The maximum absolute atomic E-state index is 6.29. The normalized spacial score (nSPS) is 22.8. The van der Waals surface area contributed by atoms with Crippen molar-refractivity contribution in [1.29, 1.82) is 0 Å². The Labute approximate surface area is 128 Å². The first kappa shape index (κ1) is 15.8. The molecule has 1 aromatic carbocycles. The van der Waals surface area contributed by atoms with Crippen molar-refractivity contribution in [3.05, 3.63) is 34.9 Å². The number of halogens is 1. The smallest absolute Gasteiger partial charge is 0.0453 e. The van der Waals surface area contributed by atoms with Crippen molar-refractivity contribution in [2.24, 2.45) is 0 Å². The molecular formula is C17H27ClN2. The lowest BCUT2D eigenvalue weighted by Gasteiger charge is -2.25. The fourth-order valence-electron chi connectivity index (χ4n) is 3.07. The van der Waals surface area contributed by atoms with E-state index < -0.39 is 0 Å². The van der Waals surface area contributed by atoms with Gasteiger partial charge in [-0.2, -0.15) is 0 Å². The van der Waals surface area contributed by atoms with Crippen molar-refractivity contribution in [1.82, 2.24) is 10.2 Å². The molecule has 0 aromatic heterocycles. The van der Waals surface area contributed by atoms with Crippen LogP contribution in [-0.4, -0.2) is 30.1 Å². The van der Waals surface area contributed by atoms with Crippen LogP contribution in [0.25, 0.3) is 0 Å². The van der Waals surface area contributed by atoms with Gasteiger partial charge in [-0.1, -0.05) is 29.8 Å². The summed E-state index contributed by atoms with van der Waals surface area (Å²) in [5.74, 6) is 0. The predicted octanol–water partition coefficient (Wildman–Crippen LogP) is 4.25. The molecule has 3 heteroatoms. The Hall–Kier alpha value is -0.570. The second-order valence-electron chi connectivity index (χ2n) is 6.17. The molecule has 1 aromatic rings. The highest BCUT2D eigenvalue weighted by molar-refractivity contribution is 6.31. The predicted molar refractivity (Wildman–Crippen MR) is 87.4 cm³/mol. The second-order valence-corrected chi connectivity index (χ2v) is 6.57. The zero-order chi connectivity index (χ0) is 14.5. The summed E-state index contributed by atoms with van der Waals surface area (Å²) in [5, 5.41) is 4.63. The van der Waals surface area contributed by atoms with E-state index in [1.165, 1.54) is 37.9 Å². The minimum Gasteiger partial charge on any atom is -0.307 e. The monoisotopic (exact) mass is 294 g/mol. The Kier molecular flexibility index (Phi) is 5.88. The maximum Gasteiger partial charge on any atom is 0.0453 e. The van der Waals surface area contributed by atoms with Gasteiger partial charge in [-0.15, -0.1) is 0 Å². The van der Waals surface area contributed by atoms with Gasteiger partial charge in [0.05, 0.1) is 0 Å². The zero-order valence-electron chi connectivity index (χ0n) is 12.9. The first-order valence-corrected chi connectivity index (χ1v) is 8.20. The van der Waals surface area contributed by atoms with Gasteiger partial charge in [0, 0.05) is 23.1 Å². The van der Waals surface area contributed by atoms with Gasteiger partial charge < -0.3 is 10.2 Å². The van der Waals surface area contributed by atoms with Crippen molar-refractivity contribution < 1.29 is 0 Å². The third-order valence-electron chi connectivity index (χ3n) is 4.35. The van der Waals surface area contributed by atoms with Crippen LogP contribution in [0.15, 0.2) is 24.3 Å². The van der Waals surface area contributed by atoms with Crippen LogP contribution in [0.4, 0.5) is 0 Å². The van der Waals surface area contributed by atoms with E-state index in [2.05, 4.69) is 43.1 Å². The molecule has 0 aliphatic carbocycles. The van der Waals surface area contributed by atoms with Gasteiger partial charge in [0.1, 0.15) is 0 Å². The van der Waals surface area contributed by atoms with Crippen LogP contribution in [0.2, 0.25) is 5.02 Å². The van der Waals surface area contributed by atoms with E-state index in [9.17, 15) is 0 Å². The molecule has 2 nitrogen and oxygen atoms in total. The lowest BCUT2D eigenvalue weighted by molar-refractivity contribution is 0.228. The molecule has 0 bridgehead atoms. The Morgan fingerprint density at radius 2 is 1.90 bits per heavy atom. The molecule has 1 unspecified atom stereocenters. The van der Waals surface area contributed by atoms with E-state index in [-0.39, 0.29) is 0 Å². The first-order valence-electron chi connectivity index (χ1n) is 7.82. The zero-order valence-corrected chi connectivity index (χ0v) is 13.7. The van der Waals surface area contributed by atoms with Crippen LogP contribution in [0, 0.1) is 0 Å². The summed E-state index contributed by atoms with van der Waals surface area (Å²) in [7, 11) is 0. The summed E-state index contributed by atoms with van der Waals surface area (Å²) in [5.41, 5.74) is 1.21. The molecule has 0 saturated carbocycles. The van der Waals surface area contributed by atoms with Crippen molar-refractivity contribution in [2.45, 2.75) is 58.2 Å². The van der Waals surface area contributed by atoms with Gasteiger partial charge in [0.2, 0.25) is 0 Å². The van der Waals surface area contributed by atoms with Gasteiger partial charge in [-0.3, -0.25) is 0 Å². The van der Waals surface area contributed by atoms with E-state index in [1.54, 1.807) is 0 Å². The third-order valence-corrected chi connectivity index (χ3v) is 4.69. The number of benzene rings is 1. The molecule has 1 fully saturated rings. The Morgan fingerprint density at radius 1 is 1.15 bits per heavy atom. The summed E-state index contributed by atoms with van der Waals surface area (Å²) in [6.45, 7) is 9.23. The van der Waals surface area contributed by atoms with Crippen molar-refractivity contribution in [3.63, 3.8) is 0 Å². The molecule has 1 N–H and O–H groups in total. The minimum absolute atomic E-state index is 0.319. The molecule has 20 heavy (non-hydrogen) atoms. The van der Waals surface area contributed by atoms with Crippen molar-refractivity contribution in [2.75, 3.05) is 13.1 Å². The number of nitrogens with one attached hydrogen (secondary N) is 1. The molecule has 0 radical (unpaired) electrons. The van der Waals surface area contributed by atoms with E-state index >= 15 is 0 Å². The van der Waals surface area contributed by atoms with Crippen LogP contribution in [-0.2, 0) is 0 Å². The molecule has 2 rings (SSSR count).